The molecule has 1 aliphatic heterocycles. The van der Waals surface area contributed by atoms with E-state index in [4.69, 9.17) is 9.47 Å². The Morgan fingerprint density at radius 3 is 1.42 bits per heavy atom. The smallest absolute Gasteiger partial charge is 0.331 e. The number of rotatable bonds is 14. The second kappa shape index (κ2) is 23.2. The lowest BCUT2D eigenvalue weighted by Gasteiger charge is -2.27. The molecule has 0 aromatic heterocycles. The van der Waals surface area contributed by atoms with Crippen LogP contribution < -0.4 is 21.3 Å². The molecule has 0 bridgehead atoms. The zero-order chi connectivity index (χ0) is 36.2. The van der Waals surface area contributed by atoms with Crippen LogP contribution in [0.4, 0.5) is 0 Å². The normalized spacial score (nSPS) is 25.9. The lowest BCUT2D eigenvalue weighted by atomic mass is 10.0. The number of cyclic esters (lactones) is 2. The van der Waals surface area contributed by atoms with Crippen molar-refractivity contribution in [3.05, 3.63) is 0 Å². The molecule has 0 radical (unpaired) electrons. The molecule has 1 saturated heterocycles. The molecule has 0 saturated carbocycles. The molecule has 0 aliphatic carbocycles. The topological polar surface area (TPSA) is 209 Å². The first kappa shape index (κ1) is 42.8. The molecule has 1 fully saturated rings. The minimum absolute atomic E-state index is 0.0334. The maximum Gasteiger partial charge on any atom is 0.331 e. The first-order chi connectivity index (χ1) is 22.7. The van der Waals surface area contributed by atoms with Gasteiger partial charge in [-0.2, -0.15) is 0 Å². The lowest BCUT2D eigenvalue weighted by Crippen LogP contribution is -2.55. The van der Waals surface area contributed by atoms with Crippen molar-refractivity contribution < 1.29 is 48.5 Å². The monoisotopic (exact) mass is 684 g/mol. The third-order valence-corrected chi connectivity index (χ3v) is 7.94. The summed E-state index contributed by atoms with van der Waals surface area (Å²) in [5.74, 6) is -4.53. The number of esters is 2. The summed E-state index contributed by atoms with van der Waals surface area (Å²) in [7, 11) is 0. The predicted octanol–water partition coefficient (Wildman–Crippen LogP) is 1.78. The summed E-state index contributed by atoms with van der Waals surface area (Å²) in [6.07, 6.45) is 3.30. The summed E-state index contributed by atoms with van der Waals surface area (Å²) in [6, 6.07) is -5.07. The van der Waals surface area contributed by atoms with Gasteiger partial charge in [0.05, 0.1) is 26.1 Å². The highest BCUT2D eigenvalue weighted by Gasteiger charge is 2.33. The molecule has 4 unspecified atom stereocenters. The van der Waals surface area contributed by atoms with E-state index in [-0.39, 0.29) is 37.5 Å². The number of hydrogen-bond acceptors (Lipinski definition) is 10. The van der Waals surface area contributed by atoms with Gasteiger partial charge in [0.25, 0.3) is 0 Å². The van der Waals surface area contributed by atoms with Gasteiger partial charge < -0.3 is 41.0 Å². The SMILES string of the molecule is CCCCCC1CC(=O)NC(CO)C(=O)N[C@@H](CC(C)C)C(=O)OC(CCCCC)CC(=O)N[C@@H](CC(C)C)C(=O)NC(CO)C(=O)O1. The van der Waals surface area contributed by atoms with Crippen molar-refractivity contribution >= 4 is 35.6 Å². The zero-order valence-electron chi connectivity index (χ0n) is 29.7. The number of nitrogens with one attached hydrogen (secondary N) is 4. The Balaban J connectivity index is 3.51. The largest absolute Gasteiger partial charge is 0.460 e. The molecular formula is C34H60N4O10. The van der Waals surface area contributed by atoms with Gasteiger partial charge in [-0.25, -0.2) is 9.59 Å². The predicted molar refractivity (Wildman–Crippen MR) is 178 cm³/mol. The van der Waals surface area contributed by atoms with Gasteiger partial charge in [0.2, 0.25) is 23.6 Å². The van der Waals surface area contributed by atoms with Crippen LogP contribution in [-0.4, -0.2) is 95.4 Å². The highest BCUT2D eigenvalue weighted by atomic mass is 16.6. The van der Waals surface area contributed by atoms with E-state index in [2.05, 4.69) is 21.3 Å². The van der Waals surface area contributed by atoms with Crippen molar-refractivity contribution in [1.29, 1.82) is 0 Å². The average molecular weight is 685 g/mol. The average Bonchev–Trinajstić information content (AvgIpc) is 3.00. The van der Waals surface area contributed by atoms with Gasteiger partial charge in [-0.15, -0.1) is 0 Å². The van der Waals surface area contributed by atoms with Crippen LogP contribution in [0.1, 0.15) is 119 Å². The van der Waals surface area contributed by atoms with Crippen LogP contribution in [0.25, 0.3) is 0 Å². The van der Waals surface area contributed by atoms with Gasteiger partial charge in [-0.1, -0.05) is 67.2 Å². The molecule has 14 nitrogen and oxygen atoms in total. The molecule has 6 atom stereocenters. The highest BCUT2D eigenvalue weighted by Crippen LogP contribution is 2.17. The van der Waals surface area contributed by atoms with Crippen LogP contribution in [0.3, 0.4) is 0 Å². The molecule has 48 heavy (non-hydrogen) atoms. The molecule has 0 aromatic carbocycles. The summed E-state index contributed by atoms with van der Waals surface area (Å²) in [5, 5.41) is 30.2. The molecule has 1 aliphatic rings. The molecule has 276 valence electrons. The van der Waals surface area contributed by atoms with E-state index in [0.29, 0.717) is 25.7 Å². The fourth-order valence-electron chi connectivity index (χ4n) is 5.37. The Morgan fingerprint density at radius 2 is 0.979 bits per heavy atom. The standard InChI is InChI=1S/C34H60N4O10/c1-7-9-11-13-23-17-29(41)35-25(15-21(3)4)31(43)38-28(20-40)34(46)48-24(14-12-10-8-2)18-30(42)36-27(19-39)32(44)37-26(16-22(5)6)33(45)47-23/h21-28,39-40H,7-20H2,1-6H3,(H,35,41)(H,36,42)(H,37,44)(H,38,43)/t23?,24?,25-,26-,27?,28?/m0/s1. The third kappa shape index (κ3) is 16.7. The van der Waals surface area contributed by atoms with Crippen LogP contribution in [0.15, 0.2) is 0 Å². The first-order valence-corrected chi connectivity index (χ1v) is 17.6. The molecular weight excluding hydrogens is 624 g/mol. The van der Waals surface area contributed by atoms with Crippen molar-refractivity contribution in [3.63, 3.8) is 0 Å². The molecule has 0 spiro atoms. The van der Waals surface area contributed by atoms with Gasteiger partial charge in [0, 0.05) is 0 Å². The second-order valence-corrected chi connectivity index (χ2v) is 13.5. The molecule has 1 rings (SSSR count). The van der Waals surface area contributed by atoms with Crippen molar-refractivity contribution in [2.24, 2.45) is 11.8 Å². The molecule has 1 heterocycles. The minimum Gasteiger partial charge on any atom is -0.460 e. The van der Waals surface area contributed by atoms with Crippen LogP contribution >= 0.6 is 0 Å². The summed E-state index contributed by atoms with van der Waals surface area (Å²) < 4.78 is 11.4. The van der Waals surface area contributed by atoms with Gasteiger partial charge >= 0.3 is 11.9 Å². The Hall–Kier alpha value is -3.26. The van der Waals surface area contributed by atoms with Crippen LogP contribution in [0, 0.1) is 11.8 Å². The Labute approximate surface area is 285 Å². The van der Waals surface area contributed by atoms with Crippen molar-refractivity contribution in [3.8, 4) is 0 Å². The van der Waals surface area contributed by atoms with Crippen LogP contribution in [0.2, 0.25) is 0 Å². The maximum atomic E-state index is 13.5. The van der Waals surface area contributed by atoms with Gasteiger partial charge in [-0.3, -0.25) is 19.2 Å². The van der Waals surface area contributed by atoms with E-state index < -0.39 is 85.2 Å². The molecule has 4 amide bonds. The summed E-state index contributed by atoms with van der Waals surface area (Å²) in [5.41, 5.74) is 0. The van der Waals surface area contributed by atoms with E-state index in [0.717, 1.165) is 25.7 Å². The van der Waals surface area contributed by atoms with Gasteiger partial charge in [0.15, 0.2) is 6.04 Å². The van der Waals surface area contributed by atoms with Crippen LogP contribution in [-0.2, 0) is 38.2 Å². The third-order valence-electron chi connectivity index (χ3n) is 7.94. The van der Waals surface area contributed by atoms with Crippen molar-refractivity contribution in [1.82, 2.24) is 21.3 Å². The van der Waals surface area contributed by atoms with Crippen LogP contribution in [0.5, 0.6) is 0 Å². The number of ether oxygens (including phenoxy) is 2. The molecule has 0 aromatic rings. The number of carbonyl (C=O) groups excluding carboxylic acids is 6. The quantitative estimate of drug-likeness (QED) is 0.115. The number of hydrogen-bond donors (Lipinski definition) is 6. The van der Waals surface area contributed by atoms with E-state index in [1.807, 2.05) is 41.5 Å². The number of aliphatic hydroxyl groups is 2. The zero-order valence-corrected chi connectivity index (χ0v) is 29.7. The fraction of sp³-hybridized carbons (Fsp3) is 0.824. The first-order valence-electron chi connectivity index (χ1n) is 17.6. The van der Waals surface area contributed by atoms with Crippen molar-refractivity contribution in [2.75, 3.05) is 13.2 Å². The molecule has 14 heteroatoms. The second-order valence-electron chi connectivity index (χ2n) is 13.5. The highest BCUT2D eigenvalue weighted by molar-refractivity contribution is 5.92. The minimum atomic E-state index is -1.47. The number of carbonyl (C=O) groups is 6. The number of amides is 4. The summed E-state index contributed by atoms with van der Waals surface area (Å²) >= 11 is 0. The van der Waals surface area contributed by atoms with E-state index in [9.17, 15) is 39.0 Å². The Bertz CT molecular complexity index is 1040. The van der Waals surface area contributed by atoms with Crippen molar-refractivity contribution in [2.45, 2.75) is 155 Å². The maximum absolute atomic E-state index is 13.5. The number of unbranched alkanes of at least 4 members (excludes halogenated alkanes) is 4. The van der Waals surface area contributed by atoms with E-state index in [1.54, 1.807) is 0 Å². The van der Waals surface area contributed by atoms with Gasteiger partial charge in [0.1, 0.15) is 30.3 Å². The van der Waals surface area contributed by atoms with E-state index >= 15 is 0 Å². The Kier molecular flexibility index (Phi) is 20.6. The van der Waals surface area contributed by atoms with Gasteiger partial charge in [-0.05, 0) is 50.4 Å². The van der Waals surface area contributed by atoms with E-state index in [1.165, 1.54) is 0 Å². The molecule has 6 N–H and O–H groups in total. The summed E-state index contributed by atoms with van der Waals surface area (Å²) in [4.78, 5) is 79.5. The fourth-order valence-corrected chi connectivity index (χ4v) is 5.37. The number of aliphatic hydroxyl groups excluding tert-OH is 2. The Morgan fingerprint density at radius 1 is 0.583 bits per heavy atom. The summed E-state index contributed by atoms with van der Waals surface area (Å²) in [6.45, 7) is 9.87. The lowest BCUT2D eigenvalue weighted by molar-refractivity contribution is -0.156.